The van der Waals surface area contributed by atoms with Crippen molar-refractivity contribution in [2.45, 2.75) is 44.5 Å². The Hall–Kier alpha value is -0.470. The average molecular weight is 238 g/mol. The predicted molar refractivity (Wildman–Crippen MR) is 72.8 cm³/mol. The Balaban J connectivity index is 2.00. The van der Waals surface area contributed by atoms with Crippen molar-refractivity contribution in [1.82, 2.24) is 0 Å². The molecule has 1 aromatic carbocycles. The van der Waals surface area contributed by atoms with E-state index in [4.69, 9.17) is 0 Å². The van der Waals surface area contributed by atoms with Crippen LogP contribution in [0.2, 0.25) is 0 Å². The van der Waals surface area contributed by atoms with Crippen LogP contribution in [0.25, 0.3) is 0 Å². The molecule has 0 fully saturated rings. The van der Waals surface area contributed by atoms with Gasteiger partial charge in [0.25, 0.3) is 0 Å². The van der Waals surface area contributed by atoms with Gasteiger partial charge in [0.15, 0.2) is 0 Å². The van der Waals surface area contributed by atoms with Gasteiger partial charge in [-0.15, -0.1) is 0 Å². The summed E-state index contributed by atoms with van der Waals surface area (Å²) < 4.78 is 0. The lowest BCUT2D eigenvalue weighted by Crippen LogP contribution is -2.05. The minimum absolute atomic E-state index is 0.0812. The molecule has 0 aromatic heterocycles. The van der Waals surface area contributed by atoms with Gasteiger partial charge in [-0.05, 0) is 30.6 Å². The summed E-state index contributed by atoms with van der Waals surface area (Å²) >= 11 is 1.96. The largest absolute Gasteiger partial charge is 0.393 e. The van der Waals surface area contributed by atoms with Gasteiger partial charge < -0.3 is 5.11 Å². The lowest BCUT2D eigenvalue weighted by Gasteiger charge is -2.08. The zero-order valence-corrected chi connectivity index (χ0v) is 10.9. The van der Waals surface area contributed by atoms with Crippen molar-refractivity contribution in [2.75, 3.05) is 5.75 Å². The molecule has 0 saturated heterocycles. The average Bonchev–Trinajstić information content (AvgIpc) is 2.30. The Kier molecular flexibility index (Phi) is 7.35. The van der Waals surface area contributed by atoms with E-state index in [1.165, 1.54) is 5.56 Å². The first-order valence-electron chi connectivity index (χ1n) is 6.12. The number of aliphatic hydroxyl groups is 1. The maximum absolute atomic E-state index is 9.56. The molecule has 2 heteroatoms. The van der Waals surface area contributed by atoms with Gasteiger partial charge in [0.05, 0.1) is 6.10 Å². The molecule has 0 spiro atoms. The molecule has 0 heterocycles. The fourth-order valence-corrected chi connectivity index (χ4v) is 2.61. The number of aliphatic hydroxyl groups excluding tert-OH is 1. The number of rotatable bonds is 8. The fourth-order valence-electron chi connectivity index (χ4n) is 1.66. The van der Waals surface area contributed by atoms with Crippen LogP contribution in [0.4, 0.5) is 0 Å². The highest BCUT2D eigenvalue weighted by molar-refractivity contribution is 7.98. The Bertz CT molecular complexity index is 261. The maximum Gasteiger partial charge on any atom is 0.0540 e. The SMILES string of the molecule is CCCC(O)CCCSCc1ccccc1. The van der Waals surface area contributed by atoms with E-state index in [-0.39, 0.29) is 6.10 Å². The molecule has 1 nitrogen and oxygen atoms in total. The van der Waals surface area contributed by atoms with Gasteiger partial charge in [-0.2, -0.15) is 11.8 Å². The molecule has 1 atom stereocenters. The molecule has 1 N–H and O–H groups in total. The second-order valence-corrected chi connectivity index (χ2v) is 5.23. The van der Waals surface area contributed by atoms with E-state index in [9.17, 15) is 5.11 Å². The Morgan fingerprint density at radius 3 is 2.62 bits per heavy atom. The molecule has 1 unspecified atom stereocenters. The highest BCUT2D eigenvalue weighted by atomic mass is 32.2. The molecule has 0 radical (unpaired) electrons. The highest BCUT2D eigenvalue weighted by Crippen LogP contribution is 2.14. The van der Waals surface area contributed by atoms with Gasteiger partial charge in [0.1, 0.15) is 0 Å². The summed E-state index contributed by atoms with van der Waals surface area (Å²) in [6.07, 6.45) is 4.03. The van der Waals surface area contributed by atoms with Crippen LogP contribution in [0.5, 0.6) is 0 Å². The zero-order valence-electron chi connectivity index (χ0n) is 10.1. The van der Waals surface area contributed by atoms with Crippen molar-refractivity contribution in [3.63, 3.8) is 0 Å². The summed E-state index contributed by atoms with van der Waals surface area (Å²) in [5.41, 5.74) is 1.39. The Morgan fingerprint density at radius 1 is 1.19 bits per heavy atom. The van der Waals surface area contributed by atoms with Crippen LogP contribution in [0.3, 0.4) is 0 Å². The van der Waals surface area contributed by atoms with Crippen molar-refractivity contribution in [1.29, 1.82) is 0 Å². The predicted octanol–water partition coefficient (Wildman–Crippen LogP) is 3.86. The van der Waals surface area contributed by atoms with Crippen LogP contribution in [0.15, 0.2) is 30.3 Å². The van der Waals surface area contributed by atoms with E-state index in [0.29, 0.717) is 0 Å². The molecule has 0 aliphatic rings. The summed E-state index contributed by atoms with van der Waals surface area (Å²) in [5, 5.41) is 9.56. The van der Waals surface area contributed by atoms with E-state index < -0.39 is 0 Å². The minimum atomic E-state index is -0.0812. The quantitative estimate of drug-likeness (QED) is 0.694. The van der Waals surface area contributed by atoms with Crippen LogP contribution < -0.4 is 0 Å². The van der Waals surface area contributed by atoms with Gasteiger partial charge in [0.2, 0.25) is 0 Å². The van der Waals surface area contributed by atoms with Crippen LogP contribution in [-0.2, 0) is 5.75 Å². The number of benzene rings is 1. The molecule has 0 bridgehead atoms. The van der Waals surface area contributed by atoms with Crippen LogP contribution in [0, 0.1) is 0 Å². The van der Waals surface area contributed by atoms with Gasteiger partial charge in [-0.1, -0.05) is 43.7 Å². The molecule has 1 aromatic rings. The molecular formula is C14H22OS. The van der Waals surface area contributed by atoms with E-state index >= 15 is 0 Å². The number of thioether (sulfide) groups is 1. The summed E-state index contributed by atoms with van der Waals surface area (Å²) in [5.74, 6) is 2.24. The molecule has 0 aliphatic carbocycles. The van der Waals surface area contributed by atoms with Gasteiger partial charge in [0, 0.05) is 5.75 Å². The monoisotopic (exact) mass is 238 g/mol. The van der Waals surface area contributed by atoms with Crippen LogP contribution in [0.1, 0.15) is 38.2 Å². The minimum Gasteiger partial charge on any atom is -0.393 e. The third-order valence-electron chi connectivity index (χ3n) is 2.56. The molecule has 1 rings (SSSR count). The Labute approximate surface area is 103 Å². The van der Waals surface area contributed by atoms with Crippen molar-refractivity contribution in [3.8, 4) is 0 Å². The summed E-state index contributed by atoms with van der Waals surface area (Å²) in [6.45, 7) is 2.12. The van der Waals surface area contributed by atoms with E-state index in [1.807, 2.05) is 11.8 Å². The highest BCUT2D eigenvalue weighted by Gasteiger charge is 2.01. The zero-order chi connectivity index (χ0) is 11.6. The van der Waals surface area contributed by atoms with Crippen LogP contribution >= 0.6 is 11.8 Å². The first kappa shape index (κ1) is 13.6. The lowest BCUT2D eigenvalue weighted by atomic mass is 10.1. The molecule has 0 amide bonds. The number of hydrogen-bond acceptors (Lipinski definition) is 2. The first-order valence-corrected chi connectivity index (χ1v) is 7.28. The summed E-state index contributed by atoms with van der Waals surface area (Å²) in [4.78, 5) is 0. The molecule has 0 saturated carbocycles. The maximum atomic E-state index is 9.56. The molecule has 0 aliphatic heterocycles. The normalized spacial score (nSPS) is 12.6. The lowest BCUT2D eigenvalue weighted by molar-refractivity contribution is 0.153. The first-order chi connectivity index (χ1) is 7.83. The second-order valence-electron chi connectivity index (χ2n) is 4.12. The Morgan fingerprint density at radius 2 is 1.94 bits per heavy atom. The molecule has 90 valence electrons. The van der Waals surface area contributed by atoms with E-state index in [1.54, 1.807) is 0 Å². The van der Waals surface area contributed by atoms with E-state index in [2.05, 4.69) is 37.3 Å². The molecular weight excluding hydrogens is 216 g/mol. The topological polar surface area (TPSA) is 20.2 Å². The number of hydrogen-bond donors (Lipinski definition) is 1. The van der Waals surface area contributed by atoms with Gasteiger partial charge >= 0.3 is 0 Å². The van der Waals surface area contributed by atoms with Crippen molar-refractivity contribution in [2.24, 2.45) is 0 Å². The third-order valence-corrected chi connectivity index (χ3v) is 3.67. The third kappa shape index (κ3) is 6.19. The van der Waals surface area contributed by atoms with Crippen molar-refractivity contribution < 1.29 is 5.11 Å². The van der Waals surface area contributed by atoms with Crippen LogP contribution in [-0.4, -0.2) is 17.0 Å². The van der Waals surface area contributed by atoms with Gasteiger partial charge in [-0.25, -0.2) is 0 Å². The standard InChI is InChI=1S/C14H22OS/c1-2-7-14(15)10-6-11-16-12-13-8-4-3-5-9-13/h3-5,8-9,14-15H,2,6-7,10-12H2,1H3. The second kappa shape index (κ2) is 8.66. The smallest absolute Gasteiger partial charge is 0.0540 e. The van der Waals surface area contributed by atoms with Crippen molar-refractivity contribution >= 4 is 11.8 Å². The van der Waals surface area contributed by atoms with Gasteiger partial charge in [-0.3, -0.25) is 0 Å². The van der Waals surface area contributed by atoms with E-state index in [0.717, 1.165) is 37.2 Å². The van der Waals surface area contributed by atoms with Crippen molar-refractivity contribution in [3.05, 3.63) is 35.9 Å². The molecule has 16 heavy (non-hydrogen) atoms. The summed E-state index contributed by atoms with van der Waals surface area (Å²) in [6, 6.07) is 10.6. The fraction of sp³-hybridized carbons (Fsp3) is 0.571. The summed E-state index contributed by atoms with van der Waals surface area (Å²) in [7, 11) is 0.